The Morgan fingerprint density at radius 2 is 1.26 bits per heavy atom. The Kier molecular flexibility index (Phi) is 8.39. The van der Waals surface area contributed by atoms with Crippen molar-refractivity contribution in [3.8, 4) is 5.75 Å². The second-order valence-electron chi connectivity index (χ2n) is 12.0. The number of carbonyl (C=O) groups excluding carboxylic acids is 2. The summed E-state index contributed by atoms with van der Waals surface area (Å²) >= 11 is 3.52. The van der Waals surface area contributed by atoms with Gasteiger partial charge in [0, 0.05) is 27.4 Å². The van der Waals surface area contributed by atoms with Gasteiger partial charge in [0.2, 0.25) is 0 Å². The van der Waals surface area contributed by atoms with Crippen molar-refractivity contribution in [2.75, 3.05) is 6.54 Å². The Labute approximate surface area is 261 Å². The number of nitrogens with zero attached hydrogens (tertiary/aromatic N) is 3. The number of aromatic hydroxyl groups is 1. The highest BCUT2D eigenvalue weighted by atomic mass is 79.9. The lowest BCUT2D eigenvalue weighted by Crippen LogP contribution is -2.30. The van der Waals surface area contributed by atoms with Gasteiger partial charge in [0.1, 0.15) is 17.1 Å². The summed E-state index contributed by atoms with van der Waals surface area (Å²) in [6, 6.07) is 27.5. The predicted molar refractivity (Wildman–Crippen MR) is 174 cm³/mol. The molecule has 4 aromatic rings. The summed E-state index contributed by atoms with van der Waals surface area (Å²) in [6.45, 7) is 10.9. The first-order valence-electron chi connectivity index (χ1n) is 14.6. The Bertz CT molecular complexity index is 1710. The third kappa shape index (κ3) is 5.66. The Morgan fingerprint density at radius 3 is 1.84 bits per heavy atom. The fourth-order valence-electron chi connectivity index (χ4n) is 5.57. The molecule has 2 amide bonds. The summed E-state index contributed by atoms with van der Waals surface area (Å²) in [5.74, 6) is -0.572. The molecule has 4 aromatic carbocycles. The first-order valence-corrected chi connectivity index (χ1v) is 15.4. The van der Waals surface area contributed by atoms with Gasteiger partial charge < -0.3 is 5.11 Å². The van der Waals surface area contributed by atoms with E-state index >= 15 is 0 Å². The number of fused-ring (bicyclic) bond motifs is 1. The van der Waals surface area contributed by atoms with Crippen molar-refractivity contribution >= 4 is 39.1 Å². The molecule has 0 bridgehead atoms. The third-order valence-corrected chi connectivity index (χ3v) is 9.15. The molecule has 0 radical (unpaired) electrons. The molecule has 0 aliphatic carbocycles. The summed E-state index contributed by atoms with van der Waals surface area (Å²) in [5.41, 5.74) is 4.34. The molecule has 6 nitrogen and oxygen atoms in total. The van der Waals surface area contributed by atoms with Crippen LogP contribution in [0.5, 0.6) is 5.75 Å². The van der Waals surface area contributed by atoms with E-state index in [9.17, 15) is 14.7 Å². The summed E-state index contributed by atoms with van der Waals surface area (Å²) in [6.07, 6.45) is 1.62. The van der Waals surface area contributed by atoms with Gasteiger partial charge >= 0.3 is 0 Å². The summed E-state index contributed by atoms with van der Waals surface area (Å²) in [5, 5.41) is 20.7. The molecule has 0 unspecified atom stereocenters. The number of amides is 2. The van der Waals surface area contributed by atoms with Gasteiger partial charge in [0.05, 0.1) is 11.1 Å². The minimum atomic E-state index is -0.540. The number of azo groups is 1. The van der Waals surface area contributed by atoms with E-state index < -0.39 is 10.8 Å². The van der Waals surface area contributed by atoms with Gasteiger partial charge in [-0.2, -0.15) is 0 Å². The second-order valence-corrected chi connectivity index (χ2v) is 12.9. The fourth-order valence-corrected chi connectivity index (χ4v) is 5.99. The number of benzene rings is 4. The molecule has 220 valence electrons. The van der Waals surface area contributed by atoms with Crippen LogP contribution in [0.4, 0.5) is 11.4 Å². The molecule has 0 spiro atoms. The van der Waals surface area contributed by atoms with Crippen LogP contribution >= 0.6 is 15.9 Å². The molecule has 0 aromatic heterocycles. The molecular weight excluding hydrogens is 602 g/mol. The Morgan fingerprint density at radius 1 is 0.721 bits per heavy atom. The lowest BCUT2D eigenvalue weighted by Gasteiger charge is -2.32. The number of halogens is 1. The van der Waals surface area contributed by atoms with Crippen LogP contribution in [0.25, 0.3) is 0 Å². The number of rotatable bonds is 9. The Balaban J connectivity index is 1.62. The van der Waals surface area contributed by atoms with E-state index in [1.807, 2.05) is 49.4 Å². The fraction of sp³-hybridized carbons (Fsp3) is 0.278. The van der Waals surface area contributed by atoms with Gasteiger partial charge in [-0.25, -0.2) is 0 Å². The molecule has 0 atom stereocenters. The van der Waals surface area contributed by atoms with E-state index in [-0.39, 0.29) is 17.6 Å². The number of unbranched alkanes of at least 4 members (excludes halogenated alkanes) is 1. The highest BCUT2D eigenvalue weighted by Gasteiger charge is 2.36. The molecule has 0 saturated carbocycles. The quantitative estimate of drug-likeness (QED) is 0.146. The van der Waals surface area contributed by atoms with E-state index in [0.717, 1.165) is 35.1 Å². The number of hydrogen-bond acceptors (Lipinski definition) is 5. The number of imide groups is 1. The number of hydrogen-bond donors (Lipinski definition) is 1. The molecule has 1 aliphatic rings. The summed E-state index contributed by atoms with van der Waals surface area (Å²) in [4.78, 5) is 27.2. The van der Waals surface area contributed by atoms with Crippen molar-refractivity contribution in [2.24, 2.45) is 10.2 Å². The van der Waals surface area contributed by atoms with Crippen molar-refractivity contribution in [2.45, 2.75) is 58.3 Å². The van der Waals surface area contributed by atoms with E-state index in [2.05, 4.69) is 84.2 Å². The van der Waals surface area contributed by atoms with Gasteiger partial charge in [0.25, 0.3) is 11.8 Å². The molecule has 1 aliphatic heterocycles. The maximum Gasteiger partial charge on any atom is 0.261 e. The van der Waals surface area contributed by atoms with Crippen molar-refractivity contribution < 1.29 is 14.7 Å². The largest absolute Gasteiger partial charge is 0.505 e. The van der Waals surface area contributed by atoms with Crippen LogP contribution < -0.4 is 0 Å². The molecule has 7 heteroatoms. The van der Waals surface area contributed by atoms with E-state index in [4.69, 9.17) is 0 Å². The highest BCUT2D eigenvalue weighted by Crippen LogP contribution is 2.46. The molecule has 1 N–H and O–H groups in total. The van der Waals surface area contributed by atoms with Crippen LogP contribution in [-0.4, -0.2) is 28.4 Å². The van der Waals surface area contributed by atoms with Gasteiger partial charge in [-0.1, -0.05) is 108 Å². The molecule has 0 saturated heterocycles. The molecule has 43 heavy (non-hydrogen) atoms. The SMILES string of the molecule is CCCCN1C(=O)c2cc(Br)c(N=Nc3cc(C(C)(C)c4ccccc4)cc(C(C)(C)c4ccccc4)c3O)cc2C1=O. The maximum absolute atomic E-state index is 13.1. The van der Waals surface area contributed by atoms with E-state index in [0.29, 0.717) is 33.5 Å². The number of carbonyl (C=O) groups is 2. The summed E-state index contributed by atoms with van der Waals surface area (Å²) < 4.78 is 0.540. The number of phenols is 1. The van der Waals surface area contributed by atoms with Crippen LogP contribution in [0, 0.1) is 0 Å². The smallest absolute Gasteiger partial charge is 0.261 e. The van der Waals surface area contributed by atoms with Crippen molar-refractivity contribution in [1.82, 2.24) is 4.90 Å². The van der Waals surface area contributed by atoms with Crippen LogP contribution in [0.1, 0.15) is 90.4 Å². The molecule has 0 fully saturated rings. The highest BCUT2D eigenvalue weighted by molar-refractivity contribution is 9.10. The minimum Gasteiger partial charge on any atom is -0.505 e. The van der Waals surface area contributed by atoms with Crippen LogP contribution in [-0.2, 0) is 10.8 Å². The topological polar surface area (TPSA) is 82.3 Å². The summed E-state index contributed by atoms with van der Waals surface area (Å²) in [7, 11) is 0. The van der Waals surface area contributed by atoms with Gasteiger partial charge in [-0.15, -0.1) is 10.2 Å². The normalized spacial score (nSPS) is 13.7. The average molecular weight is 639 g/mol. The predicted octanol–water partition coefficient (Wildman–Crippen LogP) is 9.62. The zero-order valence-electron chi connectivity index (χ0n) is 25.2. The maximum atomic E-state index is 13.1. The lowest BCUT2D eigenvalue weighted by atomic mass is 9.72. The van der Waals surface area contributed by atoms with Gasteiger partial charge in [-0.05, 0) is 57.2 Å². The molecule has 5 rings (SSSR count). The van der Waals surface area contributed by atoms with E-state index in [1.54, 1.807) is 12.1 Å². The van der Waals surface area contributed by atoms with Crippen molar-refractivity contribution in [3.63, 3.8) is 0 Å². The average Bonchev–Trinajstić information content (AvgIpc) is 3.23. The van der Waals surface area contributed by atoms with Gasteiger partial charge in [-0.3, -0.25) is 14.5 Å². The van der Waals surface area contributed by atoms with E-state index in [1.165, 1.54) is 4.90 Å². The Hall–Kier alpha value is -4.10. The van der Waals surface area contributed by atoms with Crippen LogP contribution in [0.2, 0.25) is 0 Å². The third-order valence-electron chi connectivity index (χ3n) is 8.51. The second kappa shape index (κ2) is 11.9. The van der Waals surface area contributed by atoms with Crippen molar-refractivity contribution in [3.05, 3.63) is 123 Å². The van der Waals surface area contributed by atoms with Crippen molar-refractivity contribution in [1.29, 1.82) is 0 Å². The van der Waals surface area contributed by atoms with Crippen LogP contribution in [0.15, 0.2) is 99.6 Å². The minimum absolute atomic E-state index is 0.0412. The monoisotopic (exact) mass is 637 g/mol. The lowest BCUT2D eigenvalue weighted by molar-refractivity contribution is 0.0652. The standard InChI is InChI=1S/C36H36BrN3O3/c1-6-7-18-40-33(42)26-21-29(37)30(22-27(26)34(40)43)38-39-31-20-25(35(2,3)23-14-10-8-11-15-23)19-28(32(31)41)36(4,5)24-16-12-9-13-17-24/h8-17,19-22,41H,6-7,18H2,1-5H3. The molecular formula is C36H36BrN3O3. The van der Waals surface area contributed by atoms with Gasteiger partial charge in [0.15, 0.2) is 0 Å². The zero-order valence-corrected chi connectivity index (χ0v) is 26.8. The first-order chi connectivity index (χ1) is 20.5. The number of phenolic OH excluding ortho intramolecular Hbond substituents is 1. The van der Waals surface area contributed by atoms with Crippen LogP contribution in [0.3, 0.4) is 0 Å². The first kappa shape index (κ1) is 30.4. The zero-order chi connectivity index (χ0) is 30.9. The molecule has 1 heterocycles.